The number of hydrogen-bond acceptors (Lipinski definition) is 7. The van der Waals surface area contributed by atoms with Crippen LogP contribution < -0.4 is 9.64 Å². The van der Waals surface area contributed by atoms with Crippen LogP contribution in [0.5, 0.6) is 5.75 Å². The quantitative estimate of drug-likeness (QED) is 0.181. The lowest BCUT2D eigenvalue weighted by Gasteiger charge is -2.28. The van der Waals surface area contributed by atoms with Gasteiger partial charge in [-0.25, -0.2) is 13.2 Å². The van der Waals surface area contributed by atoms with Crippen molar-refractivity contribution in [3.8, 4) is 5.75 Å². The number of carbonyl (C=O) groups excluding carboxylic acids is 1. The van der Waals surface area contributed by atoms with E-state index in [1.165, 1.54) is 17.8 Å². The molecule has 0 N–H and O–H groups in total. The number of para-hydroxylation sites is 1. The maximum Gasteiger partial charge on any atom is 0.370 e. The molecule has 9 heteroatoms. The number of carbonyl (C=O) groups is 1. The summed E-state index contributed by atoms with van der Waals surface area (Å²) in [5.41, 5.74) is 1.47. The number of benzene rings is 2. The largest absolute Gasteiger partial charge is 0.461 e. The van der Waals surface area contributed by atoms with Gasteiger partial charge < -0.3 is 14.4 Å². The monoisotopic (exact) mass is 507 g/mol. The molecule has 0 saturated carbocycles. The van der Waals surface area contributed by atoms with Crippen molar-refractivity contribution in [3.05, 3.63) is 54.6 Å². The second kappa shape index (κ2) is 11.8. The first-order valence-corrected chi connectivity index (χ1v) is 14.1. The highest BCUT2D eigenvalue weighted by Gasteiger charge is 2.33. The van der Waals surface area contributed by atoms with Gasteiger partial charge in [-0.1, -0.05) is 38.0 Å². The third-order valence-corrected chi connectivity index (χ3v) is 8.23. The van der Waals surface area contributed by atoms with Crippen LogP contribution in [0.4, 0.5) is 15.8 Å². The minimum atomic E-state index is -3.65. The van der Waals surface area contributed by atoms with Gasteiger partial charge in [0.15, 0.2) is 9.84 Å². The molecule has 2 aromatic carbocycles. The maximum absolute atomic E-state index is 14.0. The van der Waals surface area contributed by atoms with Crippen molar-refractivity contribution in [2.45, 2.75) is 42.9 Å². The molecule has 0 spiro atoms. The number of ether oxygens (including phenoxy) is 2. The molecule has 1 aliphatic rings. The van der Waals surface area contributed by atoms with Crippen LogP contribution in [0, 0.1) is 5.92 Å². The second-order valence-corrected chi connectivity index (χ2v) is 10.9. The highest BCUT2D eigenvalue weighted by atomic mass is 32.2. The van der Waals surface area contributed by atoms with Crippen molar-refractivity contribution < 1.29 is 27.1 Å². The molecular weight excluding hydrogens is 477 g/mol. The minimum Gasteiger partial charge on any atom is -0.461 e. The number of thioether (sulfide) groups is 1. The van der Waals surface area contributed by atoms with Gasteiger partial charge in [-0.05, 0) is 43.7 Å². The average Bonchev–Trinajstić information content (AvgIpc) is 2.94. The van der Waals surface area contributed by atoms with E-state index in [0.717, 1.165) is 24.9 Å². The van der Waals surface area contributed by atoms with Crippen molar-refractivity contribution in [1.82, 2.24) is 0 Å². The van der Waals surface area contributed by atoms with Crippen molar-refractivity contribution >= 4 is 38.9 Å². The van der Waals surface area contributed by atoms with Crippen LogP contribution in [-0.4, -0.2) is 39.5 Å². The van der Waals surface area contributed by atoms with Crippen LogP contribution in [0.3, 0.4) is 0 Å². The molecule has 1 heterocycles. The summed E-state index contributed by atoms with van der Waals surface area (Å²) in [5, 5.41) is 0. The zero-order valence-corrected chi connectivity index (χ0v) is 21.3. The Labute approximate surface area is 205 Å². The number of anilines is 2. The van der Waals surface area contributed by atoms with Crippen LogP contribution in [0.1, 0.15) is 33.1 Å². The SMILES string of the molecule is CCCC[C@@H]1CN(c2ccccc2)c2cc(SC)c(O/C=C(\F)C(=O)OCC)cc2S(=O)(=O)C1. The molecule has 0 radical (unpaired) electrons. The number of rotatable bonds is 9. The summed E-state index contributed by atoms with van der Waals surface area (Å²) < 4.78 is 51.1. The third kappa shape index (κ3) is 6.13. The topological polar surface area (TPSA) is 72.9 Å². The van der Waals surface area contributed by atoms with Gasteiger partial charge >= 0.3 is 5.97 Å². The third-order valence-electron chi connectivity index (χ3n) is 5.56. The fraction of sp³-hybridized carbons (Fsp3) is 0.400. The fourth-order valence-corrected chi connectivity index (χ4v) is 6.32. The van der Waals surface area contributed by atoms with E-state index in [9.17, 15) is 17.6 Å². The van der Waals surface area contributed by atoms with Crippen molar-refractivity contribution in [2.75, 3.05) is 30.1 Å². The number of esters is 1. The Morgan fingerprint density at radius 2 is 1.97 bits per heavy atom. The number of sulfone groups is 1. The zero-order chi connectivity index (χ0) is 24.7. The Hall–Kier alpha value is -2.52. The van der Waals surface area contributed by atoms with Crippen molar-refractivity contribution in [1.29, 1.82) is 0 Å². The van der Waals surface area contributed by atoms with E-state index in [2.05, 4.69) is 11.7 Å². The Kier molecular flexibility index (Phi) is 9.02. The van der Waals surface area contributed by atoms with E-state index < -0.39 is 21.6 Å². The van der Waals surface area contributed by atoms with Gasteiger partial charge in [0.2, 0.25) is 5.83 Å². The molecule has 0 bridgehead atoms. The second-order valence-electron chi connectivity index (χ2n) is 8.01. The van der Waals surface area contributed by atoms with Gasteiger partial charge in [0.05, 0.1) is 27.8 Å². The van der Waals surface area contributed by atoms with E-state index >= 15 is 0 Å². The molecule has 3 rings (SSSR count). The molecule has 6 nitrogen and oxygen atoms in total. The summed E-state index contributed by atoms with van der Waals surface area (Å²) in [4.78, 5) is 14.4. The van der Waals surface area contributed by atoms with Gasteiger partial charge in [0.1, 0.15) is 12.0 Å². The Morgan fingerprint density at radius 3 is 2.62 bits per heavy atom. The summed E-state index contributed by atoms with van der Waals surface area (Å²) in [5.74, 6) is -2.19. The van der Waals surface area contributed by atoms with Gasteiger partial charge in [-0.3, -0.25) is 0 Å². The Balaban J connectivity index is 2.10. The van der Waals surface area contributed by atoms with Gasteiger partial charge in [0.25, 0.3) is 0 Å². The van der Waals surface area contributed by atoms with Crippen LogP contribution in [-0.2, 0) is 19.4 Å². The van der Waals surface area contributed by atoms with Gasteiger partial charge in [0, 0.05) is 18.3 Å². The molecule has 0 saturated heterocycles. The molecule has 0 aromatic heterocycles. The summed E-state index contributed by atoms with van der Waals surface area (Å²) >= 11 is 1.34. The van der Waals surface area contributed by atoms with E-state index in [1.807, 2.05) is 41.5 Å². The number of halogens is 1. The summed E-state index contributed by atoms with van der Waals surface area (Å²) in [6.45, 7) is 4.26. The Bertz CT molecular complexity index is 1140. The highest BCUT2D eigenvalue weighted by Crippen LogP contribution is 2.43. The average molecular weight is 508 g/mol. The number of nitrogens with zero attached hydrogens (tertiary/aromatic N) is 1. The van der Waals surface area contributed by atoms with E-state index in [0.29, 0.717) is 23.4 Å². The van der Waals surface area contributed by atoms with E-state index in [1.54, 1.807) is 13.0 Å². The standard InChI is InChI=1S/C25H30FNO5S2/c1-4-6-10-18-15-27(19-11-8-7-9-12-19)21-13-23(33-3)22(14-24(21)34(29,30)17-18)32-16-20(26)25(28)31-5-2/h7-9,11-14,16,18H,4-6,10,15,17H2,1-3H3/b20-16-/t18-/m1/s1. The number of fused-ring (bicyclic) bond motifs is 1. The normalized spacial score (nSPS) is 17.6. The molecule has 1 atom stereocenters. The van der Waals surface area contributed by atoms with Gasteiger partial charge in [-0.2, -0.15) is 4.39 Å². The van der Waals surface area contributed by atoms with Crippen molar-refractivity contribution in [2.24, 2.45) is 5.92 Å². The minimum absolute atomic E-state index is 0.0222. The van der Waals surface area contributed by atoms with E-state index in [-0.39, 0.29) is 28.9 Å². The summed E-state index contributed by atoms with van der Waals surface area (Å²) in [6.07, 6.45) is 5.21. The molecule has 0 amide bonds. The molecule has 184 valence electrons. The van der Waals surface area contributed by atoms with Crippen LogP contribution in [0.2, 0.25) is 0 Å². The van der Waals surface area contributed by atoms with Crippen molar-refractivity contribution in [3.63, 3.8) is 0 Å². The molecule has 0 unspecified atom stereocenters. The molecule has 1 aliphatic heterocycles. The number of hydrogen-bond donors (Lipinski definition) is 0. The van der Waals surface area contributed by atoms with Crippen LogP contribution in [0.15, 0.2) is 64.3 Å². The molecule has 0 fully saturated rings. The highest BCUT2D eigenvalue weighted by molar-refractivity contribution is 7.98. The lowest BCUT2D eigenvalue weighted by molar-refractivity contribution is -0.140. The first kappa shape index (κ1) is 26.1. The maximum atomic E-state index is 14.0. The summed E-state index contributed by atoms with van der Waals surface area (Å²) in [7, 11) is -3.65. The zero-order valence-electron chi connectivity index (χ0n) is 19.6. The predicted molar refractivity (Wildman–Crippen MR) is 133 cm³/mol. The lowest BCUT2D eigenvalue weighted by Crippen LogP contribution is -2.26. The first-order chi connectivity index (χ1) is 16.3. The molecular formula is C25H30FNO5S2. The smallest absolute Gasteiger partial charge is 0.370 e. The fourth-order valence-electron chi connectivity index (χ4n) is 3.93. The molecule has 2 aromatic rings. The first-order valence-electron chi connectivity index (χ1n) is 11.3. The molecule has 34 heavy (non-hydrogen) atoms. The Morgan fingerprint density at radius 1 is 1.24 bits per heavy atom. The van der Waals surface area contributed by atoms with Crippen LogP contribution >= 0.6 is 11.8 Å². The van der Waals surface area contributed by atoms with Gasteiger partial charge in [-0.15, -0.1) is 11.8 Å². The van der Waals surface area contributed by atoms with Crippen LogP contribution in [0.25, 0.3) is 0 Å². The predicted octanol–water partition coefficient (Wildman–Crippen LogP) is 5.89. The number of unbranched alkanes of at least 4 members (excludes halogenated alkanes) is 1. The van der Waals surface area contributed by atoms with E-state index in [4.69, 9.17) is 4.74 Å². The summed E-state index contributed by atoms with van der Waals surface area (Å²) in [6, 6.07) is 12.9. The molecule has 0 aliphatic carbocycles. The lowest BCUT2D eigenvalue weighted by atomic mass is 10.0.